The highest BCUT2D eigenvalue weighted by molar-refractivity contribution is 4.83. The summed E-state index contributed by atoms with van der Waals surface area (Å²) in [6.07, 6.45) is 13.2. The number of hydrogen-bond acceptors (Lipinski definition) is 3. The first kappa shape index (κ1) is 18.9. The van der Waals surface area contributed by atoms with Crippen LogP contribution in [0, 0.1) is 0 Å². The van der Waals surface area contributed by atoms with E-state index in [0.717, 1.165) is 19.8 Å². The van der Waals surface area contributed by atoms with Crippen molar-refractivity contribution in [2.24, 2.45) is 0 Å². The summed E-state index contributed by atoms with van der Waals surface area (Å²) in [5.41, 5.74) is 0.247. The van der Waals surface area contributed by atoms with E-state index in [4.69, 9.17) is 9.47 Å². The highest BCUT2D eigenvalue weighted by Crippen LogP contribution is 2.23. The van der Waals surface area contributed by atoms with Crippen LogP contribution in [-0.4, -0.2) is 31.6 Å². The van der Waals surface area contributed by atoms with E-state index in [1.807, 2.05) is 0 Å². The first-order valence-corrected chi connectivity index (χ1v) is 9.18. The van der Waals surface area contributed by atoms with Gasteiger partial charge in [-0.3, -0.25) is 0 Å². The Morgan fingerprint density at radius 2 is 1.38 bits per heavy atom. The summed E-state index contributed by atoms with van der Waals surface area (Å²) in [4.78, 5) is 0. The lowest BCUT2D eigenvalue weighted by molar-refractivity contribution is -0.0440. The van der Waals surface area contributed by atoms with Gasteiger partial charge in [0.15, 0.2) is 6.29 Å². The van der Waals surface area contributed by atoms with Gasteiger partial charge in [0.25, 0.3) is 0 Å². The summed E-state index contributed by atoms with van der Waals surface area (Å²) in [6, 6.07) is 0. The lowest BCUT2D eigenvalue weighted by atomic mass is 9.88. The maximum Gasteiger partial charge on any atom is 0.170 e. The number of unbranched alkanes of at least 4 members (excludes halogenated alkanes) is 6. The van der Waals surface area contributed by atoms with E-state index in [2.05, 4.69) is 26.1 Å². The Hall–Kier alpha value is -0.120. The number of rotatable bonds is 13. The van der Waals surface area contributed by atoms with Gasteiger partial charge in [0.1, 0.15) is 0 Å². The fraction of sp³-hybridized carbons (Fsp3) is 1.00. The van der Waals surface area contributed by atoms with E-state index in [0.29, 0.717) is 0 Å². The fourth-order valence-electron chi connectivity index (χ4n) is 3.04. The Morgan fingerprint density at radius 1 is 0.857 bits per heavy atom. The second-order valence-corrected chi connectivity index (χ2v) is 6.73. The van der Waals surface area contributed by atoms with Crippen molar-refractivity contribution in [2.75, 3.05) is 19.8 Å². The summed E-state index contributed by atoms with van der Waals surface area (Å²) in [6.45, 7) is 9.26. The second-order valence-electron chi connectivity index (χ2n) is 6.73. The van der Waals surface area contributed by atoms with Crippen LogP contribution >= 0.6 is 0 Å². The molecule has 126 valence electrons. The minimum atomic E-state index is -0.0319. The summed E-state index contributed by atoms with van der Waals surface area (Å²) in [5.74, 6) is 0. The SMILES string of the molecule is CCCCCCCC(C)(CCCCC)NCC1OCCO1. The first-order valence-electron chi connectivity index (χ1n) is 9.18. The average Bonchev–Trinajstić information content (AvgIpc) is 2.99. The molecule has 1 unspecified atom stereocenters. The Balaban J connectivity index is 2.28. The maximum atomic E-state index is 5.55. The molecule has 0 aliphatic carbocycles. The molecule has 1 aliphatic rings. The van der Waals surface area contributed by atoms with E-state index < -0.39 is 0 Å². The molecule has 1 atom stereocenters. The van der Waals surface area contributed by atoms with Crippen LogP contribution in [0.1, 0.15) is 85.0 Å². The van der Waals surface area contributed by atoms with Gasteiger partial charge in [0.2, 0.25) is 0 Å². The molecule has 0 aromatic heterocycles. The van der Waals surface area contributed by atoms with Gasteiger partial charge in [0.05, 0.1) is 13.2 Å². The van der Waals surface area contributed by atoms with Crippen molar-refractivity contribution in [3.05, 3.63) is 0 Å². The van der Waals surface area contributed by atoms with Gasteiger partial charge in [-0.1, -0.05) is 65.2 Å². The third kappa shape index (κ3) is 8.80. The average molecular weight is 299 g/mol. The van der Waals surface area contributed by atoms with E-state index in [1.54, 1.807) is 0 Å². The molecule has 0 aromatic carbocycles. The van der Waals surface area contributed by atoms with Gasteiger partial charge < -0.3 is 14.8 Å². The van der Waals surface area contributed by atoms with Crippen molar-refractivity contribution < 1.29 is 9.47 Å². The first-order chi connectivity index (χ1) is 10.2. The highest BCUT2D eigenvalue weighted by atomic mass is 16.7. The van der Waals surface area contributed by atoms with Crippen LogP contribution in [0.2, 0.25) is 0 Å². The maximum absolute atomic E-state index is 5.55. The quantitative estimate of drug-likeness (QED) is 0.502. The normalized spacial score (nSPS) is 19.0. The molecular weight excluding hydrogens is 262 g/mol. The van der Waals surface area contributed by atoms with Crippen LogP contribution < -0.4 is 5.32 Å². The van der Waals surface area contributed by atoms with Gasteiger partial charge in [-0.15, -0.1) is 0 Å². The zero-order valence-corrected chi connectivity index (χ0v) is 14.6. The molecule has 1 aliphatic heterocycles. The number of ether oxygens (including phenoxy) is 2. The Kier molecular flexibility index (Phi) is 10.3. The van der Waals surface area contributed by atoms with Gasteiger partial charge >= 0.3 is 0 Å². The molecule has 21 heavy (non-hydrogen) atoms. The second kappa shape index (κ2) is 11.4. The molecule has 1 heterocycles. The molecule has 0 saturated carbocycles. The molecular formula is C18H37NO2. The van der Waals surface area contributed by atoms with Crippen molar-refractivity contribution >= 4 is 0 Å². The van der Waals surface area contributed by atoms with Crippen LogP contribution in [0.5, 0.6) is 0 Å². The topological polar surface area (TPSA) is 30.5 Å². The van der Waals surface area contributed by atoms with Gasteiger partial charge in [-0.2, -0.15) is 0 Å². The van der Waals surface area contributed by atoms with E-state index >= 15 is 0 Å². The smallest absolute Gasteiger partial charge is 0.170 e. The standard InChI is InChI=1S/C18H37NO2/c1-4-6-8-9-11-13-18(3,12-10-7-5-2)19-16-17-20-14-15-21-17/h17,19H,4-16H2,1-3H3. The predicted octanol–water partition coefficient (Wildman–Crippen LogP) is 4.65. The Morgan fingerprint density at radius 3 is 2.00 bits per heavy atom. The fourth-order valence-corrected chi connectivity index (χ4v) is 3.04. The van der Waals surface area contributed by atoms with E-state index in [9.17, 15) is 0 Å². The minimum Gasteiger partial charge on any atom is -0.349 e. The van der Waals surface area contributed by atoms with Gasteiger partial charge in [-0.05, 0) is 19.8 Å². The third-order valence-corrected chi connectivity index (χ3v) is 4.55. The van der Waals surface area contributed by atoms with Crippen molar-refractivity contribution in [3.63, 3.8) is 0 Å². The van der Waals surface area contributed by atoms with Crippen molar-refractivity contribution in [2.45, 2.75) is 96.8 Å². The molecule has 0 aromatic rings. The van der Waals surface area contributed by atoms with E-state index in [1.165, 1.54) is 64.2 Å². The summed E-state index contributed by atoms with van der Waals surface area (Å²) in [5, 5.41) is 3.74. The predicted molar refractivity (Wildman–Crippen MR) is 89.6 cm³/mol. The molecule has 1 rings (SSSR count). The molecule has 0 amide bonds. The van der Waals surface area contributed by atoms with Crippen molar-refractivity contribution in [3.8, 4) is 0 Å². The summed E-state index contributed by atoms with van der Waals surface area (Å²) in [7, 11) is 0. The lowest BCUT2D eigenvalue weighted by Gasteiger charge is -2.32. The number of hydrogen-bond donors (Lipinski definition) is 1. The van der Waals surface area contributed by atoms with Gasteiger partial charge in [0, 0.05) is 12.1 Å². The summed E-state index contributed by atoms with van der Waals surface area (Å²) >= 11 is 0. The molecule has 1 fully saturated rings. The molecule has 1 saturated heterocycles. The van der Waals surface area contributed by atoms with Crippen LogP contribution in [0.3, 0.4) is 0 Å². The third-order valence-electron chi connectivity index (χ3n) is 4.55. The van der Waals surface area contributed by atoms with Crippen LogP contribution in [0.15, 0.2) is 0 Å². The minimum absolute atomic E-state index is 0.0319. The largest absolute Gasteiger partial charge is 0.349 e. The monoisotopic (exact) mass is 299 g/mol. The zero-order chi connectivity index (χ0) is 15.4. The highest BCUT2D eigenvalue weighted by Gasteiger charge is 2.25. The zero-order valence-electron chi connectivity index (χ0n) is 14.6. The van der Waals surface area contributed by atoms with E-state index in [-0.39, 0.29) is 11.8 Å². The molecule has 0 bridgehead atoms. The Bertz CT molecular complexity index is 241. The van der Waals surface area contributed by atoms with Crippen LogP contribution in [0.4, 0.5) is 0 Å². The number of nitrogens with one attached hydrogen (secondary N) is 1. The lowest BCUT2D eigenvalue weighted by Crippen LogP contribution is -2.46. The molecule has 3 heteroatoms. The molecule has 0 radical (unpaired) electrons. The Labute approximate surface area is 132 Å². The van der Waals surface area contributed by atoms with Crippen LogP contribution in [-0.2, 0) is 9.47 Å². The van der Waals surface area contributed by atoms with Crippen molar-refractivity contribution in [1.82, 2.24) is 5.32 Å². The van der Waals surface area contributed by atoms with Crippen LogP contribution in [0.25, 0.3) is 0 Å². The molecule has 3 nitrogen and oxygen atoms in total. The van der Waals surface area contributed by atoms with Gasteiger partial charge in [-0.25, -0.2) is 0 Å². The molecule has 0 spiro atoms. The van der Waals surface area contributed by atoms with Crippen molar-refractivity contribution in [1.29, 1.82) is 0 Å². The molecule has 1 N–H and O–H groups in total. The summed E-state index contributed by atoms with van der Waals surface area (Å²) < 4.78 is 11.1.